The highest BCUT2D eigenvalue weighted by Crippen LogP contribution is 2.25. The third kappa shape index (κ3) is 3.72. The average molecular weight is 249 g/mol. The van der Waals surface area contributed by atoms with E-state index in [1.165, 1.54) is 6.07 Å². The van der Waals surface area contributed by atoms with Gasteiger partial charge in [-0.3, -0.25) is 4.79 Å². The van der Waals surface area contributed by atoms with Crippen molar-refractivity contribution in [2.45, 2.75) is 18.2 Å². The zero-order chi connectivity index (χ0) is 11.3. The number of benzene rings is 1. The van der Waals surface area contributed by atoms with Crippen molar-refractivity contribution < 1.29 is 13.4 Å². The number of esters is 1. The first-order valence-electron chi connectivity index (χ1n) is 4.40. The highest BCUT2D eigenvalue weighted by atomic mass is 35.5. The van der Waals surface area contributed by atoms with Crippen molar-refractivity contribution in [3.05, 3.63) is 28.8 Å². The molecule has 0 radical (unpaired) electrons. The highest BCUT2D eigenvalue weighted by molar-refractivity contribution is 7.94. The zero-order valence-electron chi connectivity index (χ0n) is 8.13. The Morgan fingerprint density at radius 3 is 2.87 bits per heavy atom. The molecule has 0 fully saturated rings. The molecule has 0 aliphatic carbocycles. The number of rotatable bonds is 4. The van der Waals surface area contributed by atoms with Crippen LogP contribution in [0.4, 0.5) is 3.89 Å². The van der Waals surface area contributed by atoms with Gasteiger partial charge in [-0.2, -0.15) is 3.89 Å². The molecule has 5 heteroatoms. The average Bonchev–Trinajstić information content (AvgIpc) is 2.21. The van der Waals surface area contributed by atoms with E-state index in [-0.39, 0.29) is 24.5 Å². The standard InChI is InChI=1S/C10H10ClFO2S/c1-2-14-10(13)5-7-3-4-8(15-12)6-9(7)11/h3-4,6H,2,5H2,1H3. The third-order valence-electron chi connectivity index (χ3n) is 1.75. The molecular weight excluding hydrogens is 239 g/mol. The summed E-state index contributed by atoms with van der Waals surface area (Å²) < 4.78 is 17.0. The fourth-order valence-corrected chi connectivity index (χ4v) is 1.68. The van der Waals surface area contributed by atoms with Gasteiger partial charge in [-0.25, -0.2) is 0 Å². The molecule has 0 aliphatic heterocycles. The van der Waals surface area contributed by atoms with Gasteiger partial charge >= 0.3 is 5.97 Å². The van der Waals surface area contributed by atoms with Crippen molar-refractivity contribution in [1.29, 1.82) is 0 Å². The molecule has 1 rings (SSSR count). The quantitative estimate of drug-likeness (QED) is 0.764. The summed E-state index contributed by atoms with van der Waals surface area (Å²) in [5.41, 5.74) is 0.646. The summed E-state index contributed by atoms with van der Waals surface area (Å²) in [6.45, 7) is 2.08. The molecule has 0 unspecified atom stereocenters. The maximum Gasteiger partial charge on any atom is 0.310 e. The summed E-state index contributed by atoms with van der Waals surface area (Å²) in [7, 11) is 0. The number of carbonyl (C=O) groups is 1. The Morgan fingerprint density at radius 1 is 1.60 bits per heavy atom. The Balaban J connectivity index is 2.73. The smallest absolute Gasteiger partial charge is 0.310 e. The molecule has 0 aromatic heterocycles. The van der Waals surface area contributed by atoms with Crippen LogP contribution in [0.25, 0.3) is 0 Å². The van der Waals surface area contributed by atoms with Crippen molar-refractivity contribution in [3.63, 3.8) is 0 Å². The molecule has 82 valence electrons. The predicted octanol–water partition coefficient (Wildman–Crippen LogP) is 3.42. The second-order valence-electron chi connectivity index (χ2n) is 2.81. The molecule has 1 aromatic rings. The maximum atomic E-state index is 12.2. The lowest BCUT2D eigenvalue weighted by Crippen LogP contribution is -2.07. The van der Waals surface area contributed by atoms with Gasteiger partial charge in [0.15, 0.2) is 0 Å². The number of hydrogen-bond acceptors (Lipinski definition) is 3. The Kier molecular flexibility index (Phi) is 4.91. The normalized spacial score (nSPS) is 10.1. The minimum absolute atomic E-state index is 0.115. The molecular formula is C10H10ClFO2S. The van der Waals surface area contributed by atoms with Crippen molar-refractivity contribution in [2.24, 2.45) is 0 Å². The van der Waals surface area contributed by atoms with Crippen molar-refractivity contribution in [1.82, 2.24) is 0 Å². The molecule has 0 saturated heterocycles. The van der Waals surface area contributed by atoms with Crippen LogP contribution in [0, 0.1) is 0 Å². The number of halogens is 2. The summed E-state index contributed by atoms with van der Waals surface area (Å²) in [6, 6.07) is 4.69. The van der Waals surface area contributed by atoms with Crippen LogP contribution in [-0.2, 0) is 16.0 Å². The fraction of sp³-hybridized carbons (Fsp3) is 0.300. The topological polar surface area (TPSA) is 26.3 Å². The first-order chi connectivity index (χ1) is 7.17. The lowest BCUT2D eigenvalue weighted by molar-refractivity contribution is -0.142. The van der Waals surface area contributed by atoms with Crippen LogP contribution in [0.1, 0.15) is 12.5 Å². The van der Waals surface area contributed by atoms with Gasteiger partial charge in [0.25, 0.3) is 0 Å². The van der Waals surface area contributed by atoms with Crippen molar-refractivity contribution in [3.8, 4) is 0 Å². The summed E-state index contributed by atoms with van der Waals surface area (Å²) in [4.78, 5) is 11.6. The van der Waals surface area contributed by atoms with E-state index in [1.54, 1.807) is 19.1 Å². The van der Waals surface area contributed by atoms with Crippen molar-refractivity contribution >= 4 is 29.7 Å². The Hall–Kier alpha value is -0.740. The van der Waals surface area contributed by atoms with Gasteiger partial charge in [0.2, 0.25) is 0 Å². The van der Waals surface area contributed by atoms with Crippen LogP contribution >= 0.6 is 23.7 Å². The minimum Gasteiger partial charge on any atom is -0.466 e. The van der Waals surface area contributed by atoms with Crippen LogP contribution in [0.15, 0.2) is 23.1 Å². The molecule has 0 spiro atoms. The van der Waals surface area contributed by atoms with E-state index < -0.39 is 0 Å². The van der Waals surface area contributed by atoms with E-state index in [0.29, 0.717) is 22.1 Å². The molecule has 0 N–H and O–H groups in total. The third-order valence-corrected chi connectivity index (χ3v) is 2.54. The van der Waals surface area contributed by atoms with Crippen LogP contribution < -0.4 is 0 Å². The van der Waals surface area contributed by atoms with Gasteiger partial charge in [0, 0.05) is 9.92 Å². The van der Waals surface area contributed by atoms with E-state index in [1.807, 2.05) is 0 Å². The molecule has 0 atom stereocenters. The van der Waals surface area contributed by atoms with E-state index in [4.69, 9.17) is 16.3 Å². The zero-order valence-corrected chi connectivity index (χ0v) is 9.70. The second-order valence-corrected chi connectivity index (χ2v) is 3.85. The molecule has 15 heavy (non-hydrogen) atoms. The predicted molar refractivity (Wildman–Crippen MR) is 58.8 cm³/mol. The van der Waals surface area contributed by atoms with E-state index >= 15 is 0 Å². The second kappa shape index (κ2) is 5.98. The van der Waals surface area contributed by atoms with Gasteiger partial charge in [0.1, 0.15) is 0 Å². The van der Waals surface area contributed by atoms with E-state index in [0.717, 1.165) is 0 Å². The summed E-state index contributed by atoms with van der Waals surface area (Å²) >= 11 is 5.98. The molecule has 1 aromatic carbocycles. The summed E-state index contributed by atoms with van der Waals surface area (Å²) in [5, 5.41) is 0.380. The highest BCUT2D eigenvalue weighted by Gasteiger charge is 2.08. The fourth-order valence-electron chi connectivity index (χ4n) is 1.09. The number of hydrogen-bond donors (Lipinski definition) is 0. The lowest BCUT2D eigenvalue weighted by Gasteiger charge is -2.04. The van der Waals surface area contributed by atoms with Crippen LogP contribution in [0.5, 0.6) is 0 Å². The Labute approximate surface area is 97.1 Å². The molecule has 2 nitrogen and oxygen atoms in total. The summed E-state index contributed by atoms with van der Waals surface area (Å²) in [5.74, 6) is -0.333. The van der Waals surface area contributed by atoms with E-state index in [2.05, 4.69) is 0 Å². The molecule has 0 amide bonds. The van der Waals surface area contributed by atoms with Crippen molar-refractivity contribution in [2.75, 3.05) is 6.61 Å². The van der Waals surface area contributed by atoms with Gasteiger partial charge in [-0.1, -0.05) is 17.7 Å². The minimum atomic E-state index is -0.333. The molecule has 0 heterocycles. The van der Waals surface area contributed by atoms with E-state index in [9.17, 15) is 8.68 Å². The van der Waals surface area contributed by atoms with Gasteiger partial charge in [-0.15, -0.1) is 0 Å². The van der Waals surface area contributed by atoms with Gasteiger partial charge in [-0.05, 0) is 24.6 Å². The van der Waals surface area contributed by atoms with Crippen LogP contribution in [-0.4, -0.2) is 12.6 Å². The van der Waals surface area contributed by atoms with Gasteiger partial charge in [0.05, 0.1) is 25.2 Å². The molecule has 0 aliphatic rings. The molecule has 0 bridgehead atoms. The monoisotopic (exact) mass is 248 g/mol. The Morgan fingerprint density at radius 2 is 2.33 bits per heavy atom. The maximum absolute atomic E-state index is 12.2. The number of ether oxygens (including phenoxy) is 1. The lowest BCUT2D eigenvalue weighted by atomic mass is 10.1. The first-order valence-corrected chi connectivity index (χ1v) is 5.49. The van der Waals surface area contributed by atoms with Crippen LogP contribution in [0.3, 0.4) is 0 Å². The largest absolute Gasteiger partial charge is 0.466 e. The first kappa shape index (κ1) is 12.3. The van der Waals surface area contributed by atoms with Crippen LogP contribution in [0.2, 0.25) is 5.02 Å². The Bertz CT molecular complexity index is 357. The summed E-state index contributed by atoms with van der Waals surface area (Å²) in [6.07, 6.45) is 0.115. The SMILES string of the molecule is CCOC(=O)Cc1ccc(SF)cc1Cl. The number of carbonyl (C=O) groups excluding carboxylic acids is 1. The molecule has 0 saturated carbocycles. The van der Waals surface area contributed by atoms with Gasteiger partial charge < -0.3 is 4.74 Å².